The molecule has 0 aliphatic carbocycles. The molecule has 0 unspecified atom stereocenters. The number of carbonyl (C=O) groups is 1. The zero-order valence-electron chi connectivity index (χ0n) is 24.8. The van der Waals surface area contributed by atoms with Crippen LogP contribution < -0.4 is 5.32 Å². The van der Waals surface area contributed by atoms with Gasteiger partial charge < -0.3 is 15.0 Å². The number of pyridine rings is 1. The third kappa shape index (κ3) is 7.77. The van der Waals surface area contributed by atoms with Crippen LogP contribution >= 0.6 is 0 Å². The lowest BCUT2D eigenvalue weighted by Crippen LogP contribution is -2.47. The number of likely N-dealkylation sites (tertiary alicyclic amines) is 2. The topological polar surface area (TPSA) is 109 Å². The third-order valence-electron chi connectivity index (χ3n) is 7.97. The van der Waals surface area contributed by atoms with Gasteiger partial charge in [0, 0.05) is 56.6 Å². The first-order chi connectivity index (χ1) is 21.0. The Hall–Kier alpha value is -4.28. The third-order valence-corrected chi connectivity index (χ3v) is 7.97. The van der Waals surface area contributed by atoms with Crippen molar-refractivity contribution in [2.45, 2.75) is 32.7 Å². The van der Waals surface area contributed by atoms with Crippen molar-refractivity contribution in [1.82, 2.24) is 34.7 Å². The minimum Gasteiger partial charge on any atom is -0.465 e. The first-order valence-corrected chi connectivity index (χ1v) is 15.0. The van der Waals surface area contributed by atoms with Gasteiger partial charge in [-0.3, -0.25) is 9.69 Å². The Morgan fingerprint density at radius 1 is 0.930 bits per heavy atom. The highest BCUT2D eigenvalue weighted by atomic mass is 16.5. The van der Waals surface area contributed by atoms with E-state index in [1.165, 1.54) is 5.56 Å². The molecule has 2 aliphatic heterocycles. The lowest BCUT2D eigenvalue weighted by Gasteiger charge is -2.36. The highest BCUT2D eigenvalue weighted by Crippen LogP contribution is 2.22. The summed E-state index contributed by atoms with van der Waals surface area (Å²) in [6.07, 6.45) is 6.02. The van der Waals surface area contributed by atoms with Crippen molar-refractivity contribution in [3.8, 4) is 11.5 Å². The number of nitrogens with zero attached hydrogens (tertiary/aromatic N) is 7. The smallest absolute Gasteiger partial charge is 0.310 e. The maximum absolute atomic E-state index is 12.7. The van der Waals surface area contributed by atoms with E-state index in [1.807, 2.05) is 37.3 Å². The van der Waals surface area contributed by atoms with Gasteiger partial charge in [-0.15, -0.1) is 0 Å². The Morgan fingerprint density at radius 3 is 2.49 bits per heavy atom. The van der Waals surface area contributed by atoms with Crippen LogP contribution in [0.25, 0.3) is 11.5 Å². The number of anilines is 2. The molecule has 0 spiro atoms. The Bertz CT molecular complexity index is 1540. The predicted molar refractivity (Wildman–Crippen MR) is 165 cm³/mol. The molecule has 0 bridgehead atoms. The number of rotatable bonds is 10. The van der Waals surface area contributed by atoms with Gasteiger partial charge in [-0.05, 0) is 68.8 Å². The average Bonchev–Trinajstić information content (AvgIpc) is 3.00. The van der Waals surface area contributed by atoms with Gasteiger partial charge in [0.15, 0.2) is 5.82 Å². The molecular weight excluding hydrogens is 540 g/mol. The summed E-state index contributed by atoms with van der Waals surface area (Å²) in [6.45, 7) is 7.12. The van der Waals surface area contributed by atoms with Crippen LogP contribution in [0.4, 0.5) is 11.6 Å². The van der Waals surface area contributed by atoms with Crippen LogP contribution in [0, 0.1) is 18.8 Å². The number of ether oxygens (including phenoxy) is 1. The normalized spacial score (nSPS) is 17.8. The molecule has 10 heteroatoms. The second-order valence-electron chi connectivity index (χ2n) is 11.7. The second kappa shape index (κ2) is 13.4. The summed E-state index contributed by atoms with van der Waals surface area (Å²) in [7, 11) is 2.09. The molecule has 0 saturated carbocycles. The number of carbonyl (C=O) groups excluding carboxylic acids is 1. The molecule has 0 amide bonds. The number of aromatic nitrogens is 5. The zero-order chi connectivity index (χ0) is 29.6. The molecule has 2 saturated heterocycles. The van der Waals surface area contributed by atoms with Gasteiger partial charge in [-0.25, -0.2) is 24.9 Å². The second-order valence-corrected chi connectivity index (χ2v) is 11.7. The lowest BCUT2D eigenvalue weighted by molar-refractivity contribution is -0.153. The quantitative estimate of drug-likeness (QED) is 0.274. The van der Waals surface area contributed by atoms with Gasteiger partial charge in [0.05, 0.1) is 12.5 Å². The molecule has 43 heavy (non-hydrogen) atoms. The molecule has 1 N–H and O–H groups in total. The van der Waals surface area contributed by atoms with E-state index in [9.17, 15) is 4.79 Å². The van der Waals surface area contributed by atoms with Crippen molar-refractivity contribution < 1.29 is 9.53 Å². The SMILES string of the molecule is Cc1cccc(-c2nccc(Nc3ccnc(Cc4ccc(CN5CCC[C@@H](C(=O)OCC6CN(C)C6)C5)cc4)n3)n2)n1. The van der Waals surface area contributed by atoms with E-state index in [0.29, 0.717) is 36.4 Å². The molecule has 2 fully saturated rings. The van der Waals surface area contributed by atoms with Crippen LogP contribution in [0.5, 0.6) is 0 Å². The van der Waals surface area contributed by atoms with E-state index in [0.717, 1.165) is 68.3 Å². The summed E-state index contributed by atoms with van der Waals surface area (Å²) in [5.74, 6) is 3.01. The summed E-state index contributed by atoms with van der Waals surface area (Å²) in [4.78, 5) is 40.0. The molecule has 1 aromatic carbocycles. The van der Waals surface area contributed by atoms with Crippen molar-refractivity contribution in [2.24, 2.45) is 11.8 Å². The number of nitrogens with one attached hydrogen (secondary N) is 1. The molecule has 10 nitrogen and oxygen atoms in total. The van der Waals surface area contributed by atoms with E-state index in [-0.39, 0.29) is 11.9 Å². The highest BCUT2D eigenvalue weighted by Gasteiger charge is 2.29. The van der Waals surface area contributed by atoms with E-state index in [1.54, 1.807) is 12.4 Å². The van der Waals surface area contributed by atoms with Crippen molar-refractivity contribution in [3.63, 3.8) is 0 Å². The fourth-order valence-electron chi connectivity index (χ4n) is 5.75. The Balaban J connectivity index is 1.01. The molecular formula is C33H38N8O2. The van der Waals surface area contributed by atoms with Crippen molar-refractivity contribution in [1.29, 1.82) is 0 Å². The van der Waals surface area contributed by atoms with E-state index < -0.39 is 0 Å². The first-order valence-electron chi connectivity index (χ1n) is 15.0. The molecule has 222 valence electrons. The number of hydrogen-bond donors (Lipinski definition) is 1. The fraction of sp³-hybridized carbons (Fsp3) is 0.394. The maximum Gasteiger partial charge on any atom is 0.310 e. The molecule has 5 heterocycles. The fourth-order valence-corrected chi connectivity index (χ4v) is 5.75. The molecule has 3 aromatic heterocycles. The Morgan fingerprint density at radius 2 is 1.70 bits per heavy atom. The number of benzene rings is 1. The molecule has 0 radical (unpaired) electrons. The minimum atomic E-state index is -0.0326. The maximum atomic E-state index is 12.7. The summed E-state index contributed by atoms with van der Waals surface area (Å²) >= 11 is 0. The average molecular weight is 579 g/mol. The summed E-state index contributed by atoms with van der Waals surface area (Å²) in [5, 5.41) is 3.27. The lowest BCUT2D eigenvalue weighted by atomic mass is 9.97. The molecule has 4 aromatic rings. The van der Waals surface area contributed by atoms with Crippen LogP contribution in [0.15, 0.2) is 67.0 Å². The van der Waals surface area contributed by atoms with Crippen LogP contribution in [0.3, 0.4) is 0 Å². The Labute approximate surface area is 252 Å². The van der Waals surface area contributed by atoms with Gasteiger partial charge in [0.2, 0.25) is 0 Å². The van der Waals surface area contributed by atoms with Gasteiger partial charge in [-0.2, -0.15) is 0 Å². The number of piperidine rings is 1. The monoisotopic (exact) mass is 578 g/mol. The van der Waals surface area contributed by atoms with E-state index >= 15 is 0 Å². The summed E-state index contributed by atoms with van der Waals surface area (Å²) in [6, 6.07) is 18.0. The van der Waals surface area contributed by atoms with Gasteiger partial charge >= 0.3 is 5.97 Å². The van der Waals surface area contributed by atoms with Crippen LogP contribution in [0.1, 0.15) is 35.5 Å². The molecule has 1 atom stereocenters. The first kappa shape index (κ1) is 28.8. The molecule has 2 aliphatic rings. The van der Waals surface area contributed by atoms with Crippen LogP contribution in [-0.4, -0.2) is 80.5 Å². The van der Waals surface area contributed by atoms with E-state index in [4.69, 9.17) is 9.72 Å². The van der Waals surface area contributed by atoms with Crippen molar-refractivity contribution in [2.75, 3.05) is 45.2 Å². The largest absolute Gasteiger partial charge is 0.465 e. The van der Waals surface area contributed by atoms with Crippen molar-refractivity contribution >= 4 is 17.6 Å². The van der Waals surface area contributed by atoms with Crippen molar-refractivity contribution in [3.05, 3.63) is 89.6 Å². The summed E-state index contributed by atoms with van der Waals surface area (Å²) < 4.78 is 5.66. The number of hydrogen-bond acceptors (Lipinski definition) is 10. The van der Waals surface area contributed by atoms with Gasteiger partial charge in [0.25, 0.3) is 0 Å². The number of esters is 1. The highest BCUT2D eigenvalue weighted by molar-refractivity contribution is 5.72. The minimum absolute atomic E-state index is 0.0306. The zero-order valence-corrected chi connectivity index (χ0v) is 24.8. The van der Waals surface area contributed by atoms with Crippen LogP contribution in [-0.2, 0) is 22.5 Å². The predicted octanol–water partition coefficient (Wildman–Crippen LogP) is 4.29. The molecule has 6 rings (SSSR count). The number of aryl methyl sites for hydroxylation is 1. The van der Waals surface area contributed by atoms with Crippen LogP contribution in [0.2, 0.25) is 0 Å². The standard InChI is InChI=1S/C33H38N8O2/c1-23-5-3-7-28(36-23)32-35-15-13-30(39-32)37-29-12-14-34-31(38-29)17-24-8-10-25(11-9-24)20-41-16-4-6-27(21-41)33(42)43-22-26-18-40(2)19-26/h3,5,7-15,26-27H,4,6,16-22H2,1-2H3,(H,34,35,37,38,39)/t27-/m1/s1. The van der Waals surface area contributed by atoms with Gasteiger partial charge in [-0.1, -0.05) is 30.3 Å². The summed E-state index contributed by atoms with van der Waals surface area (Å²) in [5.41, 5.74) is 4.01. The van der Waals surface area contributed by atoms with Gasteiger partial charge in [0.1, 0.15) is 23.2 Å². The van der Waals surface area contributed by atoms with E-state index in [2.05, 4.69) is 66.4 Å². The Kier molecular flexibility index (Phi) is 8.95.